The van der Waals surface area contributed by atoms with E-state index in [0.717, 1.165) is 0 Å². The van der Waals surface area contributed by atoms with Crippen molar-refractivity contribution in [2.24, 2.45) is 0 Å². The van der Waals surface area contributed by atoms with Gasteiger partial charge in [0.25, 0.3) is 5.91 Å². The van der Waals surface area contributed by atoms with E-state index in [4.69, 9.17) is 16.7 Å². The van der Waals surface area contributed by atoms with Gasteiger partial charge in [-0.15, -0.1) is 11.3 Å². The lowest BCUT2D eigenvalue weighted by atomic mass is 10.2. The number of benzene rings is 1. The summed E-state index contributed by atoms with van der Waals surface area (Å²) >= 11 is 7.01. The molecule has 98 valence electrons. The first-order chi connectivity index (χ1) is 9.08. The maximum absolute atomic E-state index is 12.0. The molecule has 1 unspecified atom stereocenters. The second-order valence-electron chi connectivity index (χ2n) is 3.77. The molecule has 1 aromatic heterocycles. The summed E-state index contributed by atoms with van der Waals surface area (Å²) in [5, 5.41) is 13.9. The molecule has 0 saturated carbocycles. The van der Waals surface area contributed by atoms with Crippen molar-refractivity contribution in [3.05, 3.63) is 57.2 Å². The third-order valence-corrected chi connectivity index (χ3v) is 3.65. The molecule has 1 heterocycles. The van der Waals surface area contributed by atoms with E-state index in [9.17, 15) is 9.59 Å². The van der Waals surface area contributed by atoms with Crippen LogP contribution in [0.15, 0.2) is 41.8 Å². The van der Waals surface area contributed by atoms with Crippen molar-refractivity contribution in [2.45, 2.75) is 6.04 Å². The summed E-state index contributed by atoms with van der Waals surface area (Å²) in [7, 11) is 0. The standard InChI is InChI=1S/C13H10ClNO3S/c14-9-5-3-8(4-6-9)12(16)15-11(13(17)18)10-2-1-7-19-10/h1-7,11H,(H,15,16)(H,17,18). The smallest absolute Gasteiger partial charge is 0.331 e. The molecule has 0 aliphatic carbocycles. The van der Waals surface area contributed by atoms with Gasteiger partial charge in [0, 0.05) is 15.5 Å². The number of hydrogen-bond donors (Lipinski definition) is 2. The van der Waals surface area contributed by atoms with E-state index in [-0.39, 0.29) is 0 Å². The first-order valence-electron chi connectivity index (χ1n) is 5.40. The van der Waals surface area contributed by atoms with Crippen LogP contribution in [-0.2, 0) is 4.79 Å². The van der Waals surface area contributed by atoms with Crippen LogP contribution in [0.1, 0.15) is 21.3 Å². The van der Waals surface area contributed by atoms with Crippen LogP contribution in [0.4, 0.5) is 0 Å². The van der Waals surface area contributed by atoms with Crippen LogP contribution < -0.4 is 5.32 Å². The van der Waals surface area contributed by atoms with E-state index in [1.54, 1.807) is 41.8 Å². The quantitative estimate of drug-likeness (QED) is 0.911. The number of thiophene rings is 1. The Balaban J connectivity index is 2.16. The topological polar surface area (TPSA) is 66.4 Å². The molecule has 0 aliphatic rings. The zero-order valence-electron chi connectivity index (χ0n) is 9.67. The van der Waals surface area contributed by atoms with Crippen LogP contribution in [0, 0.1) is 0 Å². The Labute approximate surface area is 118 Å². The zero-order chi connectivity index (χ0) is 13.8. The van der Waals surface area contributed by atoms with Crippen molar-refractivity contribution in [3.63, 3.8) is 0 Å². The molecule has 19 heavy (non-hydrogen) atoms. The first-order valence-corrected chi connectivity index (χ1v) is 6.66. The van der Waals surface area contributed by atoms with Crippen molar-refractivity contribution >= 4 is 34.8 Å². The lowest BCUT2D eigenvalue weighted by molar-refractivity contribution is -0.139. The zero-order valence-corrected chi connectivity index (χ0v) is 11.2. The minimum absolute atomic E-state index is 0.368. The number of carboxylic acids is 1. The predicted molar refractivity (Wildman–Crippen MR) is 73.6 cm³/mol. The molecule has 0 fully saturated rings. The number of rotatable bonds is 4. The van der Waals surface area contributed by atoms with E-state index < -0.39 is 17.9 Å². The minimum Gasteiger partial charge on any atom is -0.479 e. The molecule has 0 aliphatic heterocycles. The normalized spacial score (nSPS) is 11.8. The Bertz CT molecular complexity index is 580. The van der Waals surface area contributed by atoms with Crippen LogP contribution in [-0.4, -0.2) is 17.0 Å². The number of nitrogens with one attached hydrogen (secondary N) is 1. The fourth-order valence-corrected chi connectivity index (χ4v) is 2.42. The highest BCUT2D eigenvalue weighted by atomic mass is 35.5. The number of hydrogen-bond acceptors (Lipinski definition) is 3. The second kappa shape index (κ2) is 5.86. The van der Waals surface area contributed by atoms with Crippen molar-refractivity contribution in [2.75, 3.05) is 0 Å². The third kappa shape index (κ3) is 3.33. The van der Waals surface area contributed by atoms with Crippen molar-refractivity contribution < 1.29 is 14.7 Å². The summed E-state index contributed by atoms with van der Waals surface area (Å²) in [6.07, 6.45) is 0. The first kappa shape index (κ1) is 13.6. The monoisotopic (exact) mass is 295 g/mol. The Kier molecular flexibility index (Phi) is 4.19. The summed E-state index contributed by atoms with van der Waals surface area (Å²) < 4.78 is 0. The van der Waals surface area contributed by atoms with Crippen LogP contribution >= 0.6 is 22.9 Å². The molecule has 1 atom stereocenters. The number of carboxylic acid groups (broad SMARTS) is 1. The largest absolute Gasteiger partial charge is 0.479 e. The number of carbonyl (C=O) groups is 2. The van der Waals surface area contributed by atoms with Gasteiger partial charge in [-0.1, -0.05) is 17.7 Å². The Morgan fingerprint density at radius 3 is 2.42 bits per heavy atom. The molecule has 0 saturated heterocycles. The lowest BCUT2D eigenvalue weighted by Crippen LogP contribution is -2.33. The van der Waals surface area contributed by atoms with Crippen LogP contribution in [0.2, 0.25) is 5.02 Å². The number of carbonyl (C=O) groups excluding carboxylic acids is 1. The molecular weight excluding hydrogens is 286 g/mol. The van der Waals surface area contributed by atoms with Gasteiger partial charge < -0.3 is 10.4 Å². The molecule has 2 aromatic rings. The van der Waals surface area contributed by atoms with E-state index in [1.165, 1.54) is 11.3 Å². The maximum Gasteiger partial charge on any atom is 0.331 e. The van der Waals surface area contributed by atoms with Gasteiger partial charge in [0.1, 0.15) is 0 Å². The van der Waals surface area contributed by atoms with Crippen molar-refractivity contribution in [3.8, 4) is 0 Å². The van der Waals surface area contributed by atoms with Gasteiger partial charge in [-0.3, -0.25) is 4.79 Å². The summed E-state index contributed by atoms with van der Waals surface area (Å²) in [6.45, 7) is 0. The average Bonchev–Trinajstić information content (AvgIpc) is 2.89. The highest BCUT2D eigenvalue weighted by Gasteiger charge is 2.23. The lowest BCUT2D eigenvalue weighted by Gasteiger charge is -2.12. The van der Waals surface area contributed by atoms with Crippen LogP contribution in [0.5, 0.6) is 0 Å². The van der Waals surface area contributed by atoms with E-state index in [2.05, 4.69) is 5.32 Å². The molecule has 0 spiro atoms. The molecule has 2 N–H and O–H groups in total. The average molecular weight is 296 g/mol. The predicted octanol–water partition coefficient (Wildman–Crippen LogP) is 2.96. The summed E-state index contributed by atoms with van der Waals surface area (Å²) in [4.78, 5) is 23.7. The summed E-state index contributed by atoms with van der Waals surface area (Å²) in [5.41, 5.74) is 0.368. The van der Waals surface area contributed by atoms with Gasteiger partial charge in [0.05, 0.1) is 0 Å². The summed E-state index contributed by atoms with van der Waals surface area (Å²) in [5.74, 6) is -1.54. The SMILES string of the molecule is O=C(NC(C(=O)O)c1cccs1)c1ccc(Cl)cc1. The molecule has 0 bridgehead atoms. The fraction of sp³-hybridized carbons (Fsp3) is 0.0769. The Morgan fingerprint density at radius 1 is 1.21 bits per heavy atom. The minimum atomic E-state index is -1.09. The van der Waals surface area contributed by atoms with E-state index >= 15 is 0 Å². The summed E-state index contributed by atoms with van der Waals surface area (Å²) in [6, 6.07) is 8.63. The molecule has 2 rings (SSSR count). The Hall–Kier alpha value is -1.85. The van der Waals surface area contributed by atoms with Gasteiger partial charge in [0.15, 0.2) is 6.04 Å². The second-order valence-corrected chi connectivity index (χ2v) is 5.18. The molecule has 4 nitrogen and oxygen atoms in total. The number of amides is 1. The molecule has 6 heteroatoms. The van der Waals surface area contributed by atoms with Crippen molar-refractivity contribution in [1.29, 1.82) is 0 Å². The molecule has 1 amide bonds. The van der Waals surface area contributed by atoms with Crippen LogP contribution in [0.3, 0.4) is 0 Å². The van der Waals surface area contributed by atoms with Gasteiger partial charge >= 0.3 is 5.97 Å². The van der Waals surface area contributed by atoms with E-state index in [0.29, 0.717) is 15.5 Å². The number of aliphatic carboxylic acids is 1. The number of halogens is 1. The van der Waals surface area contributed by atoms with Gasteiger partial charge in [-0.2, -0.15) is 0 Å². The van der Waals surface area contributed by atoms with Gasteiger partial charge in [0.2, 0.25) is 0 Å². The fourth-order valence-electron chi connectivity index (χ4n) is 1.53. The van der Waals surface area contributed by atoms with Crippen molar-refractivity contribution in [1.82, 2.24) is 5.32 Å². The maximum atomic E-state index is 12.0. The Morgan fingerprint density at radius 2 is 1.89 bits per heavy atom. The third-order valence-electron chi connectivity index (χ3n) is 2.46. The van der Waals surface area contributed by atoms with Crippen LogP contribution in [0.25, 0.3) is 0 Å². The van der Waals surface area contributed by atoms with Gasteiger partial charge in [-0.25, -0.2) is 4.79 Å². The highest BCUT2D eigenvalue weighted by Crippen LogP contribution is 2.20. The van der Waals surface area contributed by atoms with E-state index in [1.807, 2.05) is 0 Å². The highest BCUT2D eigenvalue weighted by molar-refractivity contribution is 7.10. The molecule has 0 radical (unpaired) electrons. The molecular formula is C13H10ClNO3S. The van der Waals surface area contributed by atoms with Gasteiger partial charge in [-0.05, 0) is 35.7 Å². The molecule has 1 aromatic carbocycles.